The van der Waals surface area contributed by atoms with Gasteiger partial charge in [0, 0.05) is 17.7 Å². The van der Waals surface area contributed by atoms with E-state index in [2.05, 4.69) is 0 Å². The molecule has 5 heteroatoms. The summed E-state index contributed by atoms with van der Waals surface area (Å²) in [4.78, 5) is 23.2. The number of rotatable bonds is 3. The molecule has 5 nitrogen and oxygen atoms in total. The van der Waals surface area contributed by atoms with E-state index in [1.54, 1.807) is 18.2 Å². The Morgan fingerprint density at radius 1 is 1.04 bits per heavy atom. The van der Waals surface area contributed by atoms with E-state index in [9.17, 15) is 20.0 Å². The summed E-state index contributed by atoms with van der Waals surface area (Å²) in [7, 11) is 0. The van der Waals surface area contributed by atoms with Crippen molar-refractivity contribution < 1.29 is 14.8 Å². The Morgan fingerprint density at radius 2 is 1.67 bits per heavy atom. The molecule has 2 aliphatic carbocycles. The van der Waals surface area contributed by atoms with Gasteiger partial charge in [0.2, 0.25) is 0 Å². The predicted octanol–water partition coefficient (Wildman–Crippen LogP) is 3.65. The van der Waals surface area contributed by atoms with Crippen LogP contribution in [0.4, 0.5) is 5.69 Å². The smallest absolute Gasteiger partial charge is 0.269 e. The van der Waals surface area contributed by atoms with Crippen LogP contribution in [0.15, 0.2) is 36.4 Å². The molecule has 0 bridgehead atoms. The Labute approximate surface area is 139 Å². The summed E-state index contributed by atoms with van der Waals surface area (Å²) in [5.74, 6) is -0.204. The zero-order valence-electron chi connectivity index (χ0n) is 13.1. The first-order valence-electron chi connectivity index (χ1n) is 8.16. The van der Waals surface area contributed by atoms with Gasteiger partial charge < -0.3 is 5.11 Å². The lowest BCUT2D eigenvalue weighted by Gasteiger charge is -2.20. The summed E-state index contributed by atoms with van der Waals surface area (Å²) in [6.07, 6.45) is 3.38. The number of benzene rings is 2. The van der Waals surface area contributed by atoms with Crippen molar-refractivity contribution in [2.45, 2.75) is 37.7 Å². The first-order chi connectivity index (χ1) is 11.5. The highest BCUT2D eigenvalue weighted by Gasteiger charge is 2.39. The van der Waals surface area contributed by atoms with Crippen LogP contribution in [0.1, 0.15) is 47.2 Å². The van der Waals surface area contributed by atoms with Crippen molar-refractivity contribution in [3.8, 4) is 11.1 Å². The number of aliphatic hydroxyl groups is 1. The Morgan fingerprint density at radius 3 is 2.33 bits per heavy atom. The molecule has 0 spiro atoms. The number of carbonyl (C=O) groups excluding carboxylic acids is 1. The number of hydrogen-bond acceptors (Lipinski definition) is 4. The third-order valence-corrected chi connectivity index (χ3v) is 5.19. The summed E-state index contributed by atoms with van der Waals surface area (Å²) in [6.45, 7) is 0. The second-order valence-electron chi connectivity index (χ2n) is 6.72. The second kappa shape index (κ2) is 5.24. The maximum atomic E-state index is 12.6. The Bertz CT molecular complexity index is 866. The van der Waals surface area contributed by atoms with E-state index in [1.165, 1.54) is 6.07 Å². The summed E-state index contributed by atoms with van der Waals surface area (Å²) < 4.78 is 0. The lowest BCUT2D eigenvalue weighted by Crippen LogP contribution is -2.35. The molecule has 2 aromatic rings. The number of ketones is 1. The monoisotopic (exact) mass is 323 g/mol. The molecule has 122 valence electrons. The number of nitro benzene ring substituents is 1. The van der Waals surface area contributed by atoms with Crippen molar-refractivity contribution in [1.29, 1.82) is 0 Å². The van der Waals surface area contributed by atoms with Gasteiger partial charge in [0.25, 0.3) is 5.69 Å². The zero-order valence-corrected chi connectivity index (χ0v) is 13.1. The Kier molecular flexibility index (Phi) is 3.28. The topological polar surface area (TPSA) is 80.4 Å². The molecule has 0 unspecified atom stereocenters. The largest absolute Gasteiger partial charge is 0.382 e. The molecule has 2 aliphatic rings. The lowest BCUT2D eigenvalue weighted by atomic mass is 9.90. The van der Waals surface area contributed by atoms with E-state index in [0.717, 1.165) is 35.1 Å². The third-order valence-electron chi connectivity index (χ3n) is 5.19. The van der Waals surface area contributed by atoms with E-state index < -0.39 is 10.5 Å². The van der Waals surface area contributed by atoms with E-state index in [-0.39, 0.29) is 11.5 Å². The first kappa shape index (κ1) is 15.0. The maximum absolute atomic E-state index is 12.6. The van der Waals surface area contributed by atoms with Crippen molar-refractivity contribution in [1.82, 2.24) is 0 Å². The Hall–Kier alpha value is -2.53. The highest BCUT2D eigenvalue weighted by atomic mass is 16.6. The van der Waals surface area contributed by atoms with Crippen LogP contribution in [0, 0.1) is 10.1 Å². The minimum atomic E-state index is -1.22. The quantitative estimate of drug-likeness (QED) is 0.453. The summed E-state index contributed by atoms with van der Waals surface area (Å²) >= 11 is 0. The molecule has 4 rings (SSSR count). The number of Topliss-reactive ketones (excluding diaryl/α,β-unsaturated/α-hetero) is 1. The van der Waals surface area contributed by atoms with Crippen LogP contribution < -0.4 is 0 Å². The van der Waals surface area contributed by atoms with Gasteiger partial charge in [-0.2, -0.15) is 0 Å². The molecule has 0 aromatic heterocycles. The second-order valence-corrected chi connectivity index (χ2v) is 6.72. The molecule has 0 amide bonds. The number of non-ortho nitro benzene ring substituents is 1. The molecule has 0 aliphatic heterocycles. The van der Waals surface area contributed by atoms with Crippen molar-refractivity contribution in [2.24, 2.45) is 0 Å². The van der Waals surface area contributed by atoms with Crippen LogP contribution in [0.25, 0.3) is 11.1 Å². The number of fused-ring (bicyclic) bond motifs is 3. The van der Waals surface area contributed by atoms with Gasteiger partial charge in [-0.05, 0) is 66.5 Å². The summed E-state index contributed by atoms with van der Waals surface area (Å²) in [5, 5.41) is 21.4. The van der Waals surface area contributed by atoms with E-state index in [0.29, 0.717) is 24.8 Å². The van der Waals surface area contributed by atoms with E-state index >= 15 is 0 Å². The van der Waals surface area contributed by atoms with Crippen molar-refractivity contribution in [3.63, 3.8) is 0 Å². The maximum Gasteiger partial charge on any atom is 0.269 e. The van der Waals surface area contributed by atoms with Crippen LogP contribution >= 0.6 is 0 Å². The van der Waals surface area contributed by atoms with Gasteiger partial charge in [0.05, 0.1) is 4.92 Å². The van der Waals surface area contributed by atoms with Crippen LogP contribution in [-0.4, -0.2) is 21.4 Å². The van der Waals surface area contributed by atoms with Crippen molar-refractivity contribution >= 4 is 11.5 Å². The fourth-order valence-corrected chi connectivity index (χ4v) is 3.91. The van der Waals surface area contributed by atoms with Gasteiger partial charge in [0.15, 0.2) is 5.78 Å². The van der Waals surface area contributed by atoms with Crippen LogP contribution in [0.3, 0.4) is 0 Å². The van der Waals surface area contributed by atoms with E-state index in [1.807, 2.05) is 12.1 Å². The minimum Gasteiger partial charge on any atom is -0.382 e. The normalized spacial score (nSPS) is 17.4. The molecule has 0 heterocycles. The van der Waals surface area contributed by atoms with Crippen LogP contribution in [0.5, 0.6) is 0 Å². The van der Waals surface area contributed by atoms with Gasteiger partial charge in [-0.15, -0.1) is 0 Å². The fraction of sp³-hybridized carbons (Fsp3) is 0.316. The lowest BCUT2D eigenvalue weighted by molar-refractivity contribution is -0.384. The number of carbonyl (C=O) groups is 1. The van der Waals surface area contributed by atoms with Gasteiger partial charge in [-0.3, -0.25) is 14.9 Å². The van der Waals surface area contributed by atoms with Gasteiger partial charge in [-0.1, -0.05) is 12.1 Å². The minimum absolute atomic E-state index is 0.0816. The molecule has 1 saturated carbocycles. The Balaban J connectivity index is 1.69. The molecular weight excluding hydrogens is 306 g/mol. The summed E-state index contributed by atoms with van der Waals surface area (Å²) in [6, 6.07) is 10.4. The third kappa shape index (κ3) is 2.24. The van der Waals surface area contributed by atoms with Crippen LogP contribution in [-0.2, 0) is 6.42 Å². The highest BCUT2D eigenvalue weighted by Crippen LogP contribution is 2.40. The van der Waals surface area contributed by atoms with Crippen molar-refractivity contribution in [2.75, 3.05) is 0 Å². The zero-order chi connectivity index (χ0) is 16.9. The SMILES string of the molecule is O=C(c1ccc2c(c1)Cc1cc([N+](=O)[O-])ccc1-2)C1(O)CCCC1. The number of hydrogen-bond donors (Lipinski definition) is 1. The van der Waals surface area contributed by atoms with Crippen LogP contribution in [0.2, 0.25) is 0 Å². The number of nitro groups is 1. The predicted molar refractivity (Wildman–Crippen MR) is 89.1 cm³/mol. The van der Waals surface area contributed by atoms with E-state index in [4.69, 9.17) is 0 Å². The fourth-order valence-electron chi connectivity index (χ4n) is 3.91. The van der Waals surface area contributed by atoms with Gasteiger partial charge in [-0.25, -0.2) is 0 Å². The molecule has 0 saturated heterocycles. The molecular formula is C19H17NO4. The first-order valence-corrected chi connectivity index (χ1v) is 8.16. The molecule has 0 radical (unpaired) electrons. The molecule has 1 N–H and O–H groups in total. The molecule has 1 fully saturated rings. The number of nitrogens with zero attached hydrogens (tertiary/aromatic N) is 1. The highest BCUT2D eigenvalue weighted by molar-refractivity contribution is 6.03. The standard InChI is InChI=1S/C19H17NO4/c21-18(19(22)7-1-2-8-19)12-3-5-16-13(9-12)10-14-11-15(20(23)24)4-6-17(14)16/h3-6,9,11,22H,1-2,7-8,10H2. The average Bonchev–Trinajstić information content (AvgIpc) is 3.17. The molecule has 2 aromatic carbocycles. The molecule has 0 atom stereocenters. The average molecular weight is 323 g/mol. The molecule has 24 heavy (non-hydrogen) atoms. The summed E-state index contributed by atoms with van der Waals surface area (Å²) in [5.41, 5.74) is 3.27. The van der Waals surface area contributed by atoms with Gasteiger partial charge in [0.1, 0.15) is 5.60 Å². The van der Waals surface area contributed by atoms with Crippen molar-refractivity contribution in [3.05, 3.63) is 63.2 Å². The van der Waals surface area contributed by atoms with Gasteiger partial charge >= 0.3 is 0 Å².